The van der Waals surface area contributed by atoms with Crippen molar-refractivity contribution in [1.29, 1.82) is 0 Å². The molecule has 1 saturated heterocycles. The van der Waals surface area contributed by atoms with Gasteiger partial charge in [-0.25, -0.2) is 4.98 Å². The summed E-state index contributed by atoms with van der Waals surface area (Å²) in [6, 6.07) is 0.499. The highest BCUT2D eigenvalue weighted by atomic mass is 32.1. The Hall–Kier alpha value is -0.650. The minimum atomic E-state index is 0.275. The first-order chi connectivity index (χ1) is 9.86. The molecular formula is C16H29N3OS. The molecule has 1 aromatic heterocycles. The van der Waals surface area contributed by atoms with Crippen molar-refractivity contribution < 1.29 is 4.74 Å². The molecule has 1 aliphatic heterocycles. The predicted octanol–water partition coefficient (Wildman–Crippen LogP) is 3.38. The van der Waals surface area contributed by atoms with E-state index in [0.717, 1.165) is 24.8 Å². The molecule has 4 nitrogen and oxygen atoms in total. The minimum absolute atomic E-state index is 0.275. The number of hydrogen-bond acceptors (Lipinski definition) is 5. The van der Waals surface area contributed by atoms with Crippen molar-refractivity contribution in [3.05, 3.63) is 10.6 Å². The van der Waals surface area contributed by atoms with Crippen LogP contribution in [0.4, 0.5) is 5.13 Å². The number of aromatic nitrogens is 1. The number of anilines is 1. The Labute approximate surface area is 132 Å². The molecule has 1 aliphatic rings. The van der Waals surface area contributed by atoms with Crippen molar-refractivity contribution in [2.75, 3.05) is 18.0 Å². The van der Waals surface area contributed by atoms with E-state index in [9.17, 15) is 0 Å². The third-order valence-corrected chi connectivity index (χ3v) is 4.76. The van der Waals surface area contributed by atoms with Gasteiger partial charge in [0.05, 0.1) is 17.9 Å². The van der Waals surface area contributed by atoms with Crippen LogP contribution in [0.5, 0.6) is 0 Å². The molecular weight excluding hydrogens is 282 g/mol. The van der Waals surface area contributed by atoms with Crippen LogP contribution in [0.25, 0.3) is 0 Å². The van der Waals surface area contributed by atoms with Crippen LogP contribution < -0.4 is 10.2 Å². The number of nitrogens with zero attached hydrogens (tertiary/aromatic N) is 2. The van der Waals surface area contributed by atoms with Crippen LogP contribution in [0.15, 0.2) is 0 Å². The smallest absolute Gasteiger partial charge is 0.186 e. The summed E-state index contributed by atoms with van der Waals surface area (Å²) in [7, 11) is 0. The summed E-state index contributed by atoms with van der Waals surface area (Å²) in [5.41, 5.74) is 1.25. The summed E-state index contributed by atoms with van der Waals surface area (Å²) in [6.07, 6.45) is 0.551. The molecule has 2 rings (SSSR count). The lowest BCUT2D eigenvalue weighted by Crippen LogP contribution is -2.45. The molecule has 2 atom stereocenters. The van der Waals surface area contributed by atoms with Gasteiger partial charge < -0.3 is 15.0 Å². The Balaban J connectivity index is 2.18. The highest BCUT2D eigenvalue weighted by molar-refractivity contribution is 7.15. The third kappa shape index (κ3) is 4.41. The van der Waals surface area contributed by atoms with Crippen molar-refractivity contribution in [3.8, 4) is 0 Å². The van der Waals surface area contributed by atoms with E-state index in [2.05, 4.69) is 51.8 Å². The minimum Gasteiger partial charge on any atom is -0.372 e. The van der Waals surface area contributed by atoms with E-state index in [1.807, 2.05) is 11.3 Å². The first-order valence-electron chi connectivity index (χ1n) is 8.00. The zero-order valence-electron chi connectivity index (χ0n) is 14.1. The molecule has 0 aromatic carbocycles. The maximum absolute atomic E-state index is 5.82. The van der Waals surface area contributed by atoms with E-state index < -0.39 is 0 Å². The molecule has 2 unspecified atom stereocenters. The maximum Gasteiger partial charge on any atom is 0.186 e. The average molecular weight is 311 g/mol. The van der Waals surface area contributed by atoms with Crippen LogP contribution in [-0.2, 0) is 11.3 Å². The van der Waals surface area contributed by atoms with Crippen molar-refractivity contribution in [1.82, 2.24) is 10.3 Å². The van der Waals surface area contributed by atoms with Gasteiger partial charge >= 0.3 is 0 Å². The molecule has 0 amide bonds. The molecule has 5 heteroatoms. The van der Waals surface area contributed by atoms with Crippen LogP contribution >= 0.6 is 11.3 Å². The fourth-order valence-corrected chi connectivity index (χ4v) is 3.88. The number of rotatable bonds is 5. The molecule has 1 aromatic rings. The molecule has 0 spiro atoms. The predicted molar refractivity (Wildman–Crippen MR) is 90.4 cm³/mol. The SMILES string of the molecule is CC(C)NCc1sc(N2CC(C)OC(C)C2)nc1C(C)C. The Morgan fingerprint density at radius 3 is 2.38 bits per heavy atom. The highest BCUT2D eigenvalue weighted by Gasteiger charge is 2.26. The number of thiazole rings is 1. The molecule has 2 heterocycles. The van der Waals surface area contributed by atoms with E-state index >= 15 is 0 Å². The van der Waals surface area contributed by atoms with Crippen molar-refractivity contribution >= 4 is 16.5 Å². The number of nitrogens with one attached hydrogen (secondary N) is 1. The van der Waals surface area contributed by atoms with E-state index in [-0.39, 0.29) is 12.2 Å². The zero-order chi connectivity index (χ0) is 15.6. The first-order valence-corrected chi connectivity index (χ1v) is 8.81. The second-order valence-corrected chi connectivity index (χ2v) is 7.72. The number of ether oxygens (including phenoxy) is 1. The topological polar surface area (TPSA) is 37.4 Å². The molecule has 0 aliphatic carbocycles. The van der Waals surface area contributed by atoms with Crippen LogP contribution in [0.2, 0.25) is 0 Å². The molecule has 1 N–H and O–H groups in total. The Morgan fingerprint density at radius 1 is 1.24 bits per heavy atom. The summed E-state index contributed by atoms with van der Waals surface area (Å²) < 4.78 is 5.82. The van der Waals surface area contributed by atoms with E-state index in [0.29, 0.717) is 12.0 Å². The lowest BCUT2D eigenvalue weighted by molar-refractivity contribution is -0.00523. The maximum atomic E-state index is 5.82. The van der Waals surface area contributed by atoms with Crippen LogP contribution in [0, 0.1) is 0 Å². The van der Waals surface area contributed by atoms with Crippen molar-refractivity contribution in [2.45, 2.75) is 72.3 Å². The number of hydrogen-bond donors (Lipinski definition) is 1. The van der Waals surface area contributed by atoms with E-state index in [1.165, 1.54) is 10.6 Å². The lowest BCUT2D eigenvalue weighted by Gasteiger charge is -2.35. The van der Waals surface area contributed by atoms with Gasteiger partial charge in [-0.2, -0.15) is 0 Å². The molecule has 21 heavy (non-hydrogen) atoms. The van der Waals surface area contributed by atoms with Gasteiger partial charge in [0.2, 0.25) is 0 Å². The fraction of sp³-hybridized carbons (Fsp3) is 0.812. The molecule has 0 bridgehead atoms. The molecule has 0 radical (unpaired) electrons. The summed E-state index contributed by atoms with van der Waals surface area (Å²) in [6.45, 7) is 15.9. The van der Waals surface area contributed by atoms with Gasteiger partial charge in [0.25, 0.3) is 0 Å². The van der Waals surface area contributed by atoms with Gasteiger partial charge in [0.1, 0.15) is 0 Å². The zero-order valence-corrected chi connectivity index (χ0v) is 15.0. The van der Waals surface area contributed by atoms with E-state index in [1.54, 1.807) is 0 Å². The second kappa shape index (κ2) is 7.07. The summed E-state index contributed by atoms with van der Waals surface area (Å²) in [5.74, 6) is 0.467. The lowest BCUT2D eigenvalue weighted by atomic mass is 10.1. The summed E-state index contributed by atoms with van der Waals surface area (Å²) in [5, 5.41) is 4.67. The molecule has 1 fully saturated rings. The van der Waals surface area contributed by atoms with Crippen molar-refractivity contribution in [2.24, 2.45) is 0 Å². The molecule has 0 saturated carbocycles. The Morgan fingerprint density at radius 2 is 1.86 bits per heavy atom. The van der Waals surface area contributed by atoms with Gasteiger partial charge in [-0.3, -0.25) is 0 Å². The largest absolute Gasteiger partial charge is 0.372 e. The van der Waals surface area contributed by atoms with Gasteiger partial charge in [-0.05, 0) is 19.8 Å². The Bertz CT molecular complexity index is 448. The summed E-state index contributed by atoms with van der Waals surface area (Å²) >= 11 is 1.84. The fourth-order valence-electron chi connectivity index (χ4n) is 2.69. The Kier molecular flexibility index (Phi) is 5.63. The second-order valence-electron chi connectivity index (χ2n) is 6.66. The van der Waals surface area contributed by atoms with Gasteiger partial charge in [0.15, 0.2) is 5.13 Å². The standard InChI is InChI=1S/C16H29N3OS/c1-10(2)15-14(7-17-11(3)4)21-16(18-15)19-8-12(5)20-13(6)9-19/h10-13,17H,7-9H2,1-6H3. The first kappa shape index (κ1) is 16.7. The van der Waals surface area contributed by atoms with Crippen molar-refractivity contribution in [3.63, 3.8) is 0 Å². The summed E-state index contributed by atoms with van der Waals surface area (Å²) in [4.78, 5) is 8.69. The molecule has 120 valence electrons. The quantitative estimate of drug-likeness (QED) is 0.904. The number of morpholine rings is 1. The average Bonchev–Trinajstić information content (AvgIpc) is 2.79. The highest BCUT2D eigenvalue weighted by Crippen LogP contribution is 2.32. The van der Waals surface area contributed by atoms with E-state index in [4.69, 9.17) is 9.72 Å². The van der Waals surface area contributed by atoms with Crippen LogP contribution in [-0.4, -0.2) is 36.3 Å². The van der Waals surface area contributed by atoms with Gasteiger partial charge in [0, 0.05) is 30.6 Å². The van der Waals surface area contributed by atoms with Gasteiger partial charge in [-0.1, -0.05) is 27.7 Å². The normalized spacial score (nSPS) is 23.3. The third-order valence-electron chi connectivity index (χ3n) is 3.62. The van der Waals surface area contributed by atoms with Crippen LogP contribution in [0.3, 0.4) is 0 Å². The van der Waals surface area contributed by atoms with Gasteiger partial charge in [-0.15, -0.1) is 11.3 Å². The monoisotopic (exact) mass is 311 g/mol. The van der Waals surface area contributed by atoms with Crippen LogP contribution in [0.1, 0.15) is 58.0 Å².